The molecule has 1 rings (SSSR count). The number of thiophene rings is 1. The topological polar surface area (TPSA) is 95.5 Å². The largest absolute Gasteiger partial charge is 0.481 e. The SMILES string of the molecule is CC(=O)Nc1sc(C)cc1C(=O)NCCCC(=O)O. The van der Waals surface area contributed by atoms with E-state index < -0.39 is 5.97 Å². The first-order valence-corrected chi connectivity index (χ1v) is 6.60. The third kappa shape index (κ3) is 5.09. The summed E-state index contributed by atoms with van der Waals surface area (Å²) in [6, 6.07) is 1.70. The monoisotopic (exact) mass is 284 g/mol. The number of carboxylic acid groups (broad SMARTS) is 1. The summed E-state index contributed by atoms with van der Waals surface area (Å²) in [6.07, 6.45) is 0.390. The van der Waals surface area contributed by atoms with Gasteiger partial charge in [0.15, 0.2) is 0 Å². The van der Waals surface area contributed by atoms with Crippen molar-refractivity contribution < 1.29 is 19.5 Å². The van der Waals surface area contributed by atoms with Crippen LogP contribution in [0.5, 0.6) is 0 Å². The van der Waals surface area contributed by atoms with E-state index in [2.05, 4.69) is 10.6 Å². The van der Waals surface area contributed by atoms with Gasteiger partial charge in [0.05, 0.1) is 5.56 Å². The van der Waals surface area contributed by atoms with Crippen LogP contribution in [0.3, 0.4) is 0 Å². The number of amides is 2. The summed E-state index contributed by atoms with van der Waals surface area (Å²) in [5, 5.41) is 14.2. The number of nitrogens with one attached hydrogen (secondary N) is 2. The first kappa shape index (κ1) is 15.2. The van der Waals surface area contributed by atoms with Crippen LogP contribution in [-0.4, -0.2) is 29.4 Å². The molecule has 0 bridgehead atoms. The highest BCUT2D eigenvalue weighted by molar-refractivity contribution is 7.16. The van der Waals surface area contributed by atoms with Crippen LogP contribution in [0.15, 0.2) is 6.07 Å². The van der Waals surface area contributed by atoms with E-state index in [0.29, 0.717) is 23.5 Å². The van der Waals surface area contributed by atoms with Crippen LogP contribution < -0.4 is 10.6 Å². The minimum absolute atomic E-state index is 0.0154. The third-order valence-corrected chi connectivity index (χ3v) is 3.21. The zero-order chi connectivity index (χ0) is 14.4. The van der Waals surface area contributed by atoms with Gasteiger partial charge in [0.1, 0.15) is 5.00 Å². The molecule has 0 spiro atoms. The van der Waals surface area contributed by atoms with Crippen LogP contribution in [-0.2, 0) is 9.59 Å². The number of hydrogen-bond donors (Lipinski definition) is 3. The number of carboxylic acids is 1. The Morgan fingerprint density at radius 3 is 2.63 bits per heavy atom. The number of aryl methyl sites for hydroxylation is 1. The number of rotatable bonds is 6. The smallest absolute Gasteiger partial charge is 0.303 e. The van der Waals surface area contributed by atoms with E-state index in [4.69, 9.17) is 5.11 Å². The molecule has 7 heteroatoms. The van der Waals surface area contributed by atoms with E-state index >= 15 is 0 Å². The molecule has 0 unspecified atom stereocenters. The Bertz CT molecular complexity index is 496. The van der Waals surface area contributed by atoms with Gasteiger partial charge in [-0.1, -0.05) is 0 Å². The second-order valence-corrected chi connectivity index (χ2v) is 5.29. The van der Waals surface area contributed by atoms with Crippen LogP contribution in [0.1, 0.15) is 35.0 Å². The summed E-state index contributed by atoms with van der Waals surface area (Å²) in [7, 11) is 0. The molecule has 0 aliphatic carbocycles. The lowest BCUT2D eigenvalue weighted by Gasteiger charge is -2.05. The van der Waals surface area contributed by atoms with E-state index in [1.165, 1.54) is 18.3 Å². The fourth-order valence-electron chi connectivity index (χ4n) is 1.47. The zero-order valence-corrected chi connectivity index (χ0v) is 11.6. The number of carbonyl (C=O) groups excluding carboxylic acids is 2. The highest BCUT2D eigenvalue weighted by atomic mass is 32.1. The minimum Gasteiger partial charge on any atom is -0.481 e. The maximum Gasteiger partial charge on any atom is 0.303 e. The minimum atomic E-state index is -0.889. The lowest BCUT2D eigenvalue weighted by atomic mass is 10.2. The second kappa shape index (κ2) is 6.89. The Morgan fingerprint density at radius 2 is 2.05 bits per heavy atom. The van der Waals surface area contributed by atoms with Gasteiger partial charge in [0.2, 0.25) is 5.91 Å². The van der Waals surface area contributed by atoms with Crippen LogP contribution in [0, 0.1) is 6.92 Å². The Kier molecular flexibility index (Phi) is 5.50. The van der Waals surface area contributed by atoms with E-state index in [1.807, 2.05) is 6.92 Å². The van der Waals surface area contributed by atoms with Crippen molar-refractivity contribution >= 4 is 34.1 Å². The summed E-state index contributed by atoms with van der Waals surface area (Å²) in [4.78, 5) is 34.2. The maximum atomic E-state index is 11.9. The Morgan fingerprint density at radius 1 is 1.37 bits per heavy atom. The molecule has 0 saturated heterocycles. The molecular formula is C12H16N2O4S. The van der Waals surface area contributed by atoms with Crippen molar-refractivity contribution in [3.05, 3.63) is 16.5 Å². The van der Waals surface area contributed by atoms with Gasteiger partial charge >= 0.3 is 5.97 Å². The fraction of sp³-hybridized carbons (Fsp3) is 0.417. The van der Waals surface area contributed by atoms with E-state index in [1.54, 1.807) is 6.07 Å². The van der Waals surface area contributed by atoms with Gasteiger partial charge in [0.25, 0.3) is 5.91 Å². The highest BCUT2D eigenvalue weighted by Gasteiger charge is 2.15. The van der Waals surface area contributed by atoms with Gasteiger partial charge in [-0.3, -0.25) is 14.4 Å². The molecule has 1 heterocycles. The summed E-state index contributed by atoms with van der Waals surface area (Å²) in [5.41, 5.74) is 0.410. The average Bonchev–Trinajstić information content (AvgIpc) is 2.64. The molecule has 19 heavy (non-hydrogen) atoms. The zero-order valence-electron chi connectivity index (χ0n) is 10.8. The van der Waals surface area contributed by atoms with Crippen LogP contribution >= 0.6 is 11.3 Å². The lowest BCUT2D eigenvalue weighted by Crippen LogP contribution is -2.25. The van der Waals surface area contributed by atoms with Gasteiger partial charge in [-0.2, -0.15) is 0 Å². The van der Waals surface area contributed by atoms with Gasteiger partial charge in [-0.15, -0.1) is 11.3 Å². The van der Waals surface area contributed by atoms with Crippen molar-refractivity contribution in [3.8, 4) is 0 Å². The first-order chi connectivity index (χ1) is 8.90. The molecular weight excluding hydrogens is 268 g/mol. The van der Waals surface area contributed by atoms with Crippen LogP contribution in [0.2, 0.25) is 0 Å². The predicted octanol–water partition coefficient (Wildman–Crippen LogP) is 1.61. The molecule has 0 aliphatic rings. The molecule has 0 radical (unpaired) electrons. The molecule has 104 valence electrons. The molecule has 1 aromatic heterocycles. The molecule has 3 N–H and O–H groups in total. The fourth-order valence-corrected chi connectivity index (χ4v) is 2.43. The molecule has 0 aromatic carbocycles. The molecule has 0 aliphatic heterocycles. The van der Waals surface area contributed by atoms with Crippen molar-refractivity contribution in [1.29, 1.82) is 0 Å². The standard InChI is InChI=1S/C12H16N2O4S/c1-7-6-9(12(19-7)14-8(2)15)11(18)13-5-3-4-10(16)17/h6H,3-5H2,1-2H3,(H,13,18)(H,14,15)(H,16,17). The first-order valence-electron chi connectivity index (χ1n) is 5.78. The molecule has 0 atom stereocenters. The Balaban J connectivity index is 2.60. The van der Waals surface area contributed by atoms with E-state index in [-0.39, 0.29) is 18.2 Å². The van der Waals surface area contributed by atoms with Crippen molar-refractivity contribution in [2.75, 3.05) is 11.9 Å². The summed E-state index contributed by atoms with van der Waals surface area (Å²) < 4.78 is 0. The lowest BCUT2D eigenvalue weighted by molar-refractivity contribution is -0.137. The Labute approximate surface area is 114 Å². The third-order valence-electron chi connectivity index (χ3n) is 2.24. The molecule has 0 saturated carbocycles. The predicted molar refractivity (Wildman–Crippen MR) is 72.6 cm³/mol. The molecule has 6 nitrogen and oxygen atoms in total. The maximum absolute atomic E-state index is 11.9. The van der Waals surface area contributed by atoms with Crippen molar-refractivity contribution in [2.45, 2.75) is 26.7 Å². The van der Waals surface area contributed by atoms with Gasteiger partial charge < -0.3 is 15.7 Å². The molecule has 2 amide bonds. The van der Waals surface area contributed by atoms with E-state index in [0.717, 1.165) is 4.88 Å². The number of anilines is 1. The van der Waals surface area contributed by atoms with E-state index in [9.17, 15) is 14.4 Å². The molecule has 1 aromatic rings. The number of hydrogen-bond acceptors (Lipinski definition) is 4. The quantitative estimate of drug-likeness (QED) is 0.691. The second-order valence-electron chi connectivity index (χ2n) is 4.03. The van der Waals surface area contributed by atoms with Crippen LogP contribution in [0.4, 0.5) is 5.00 Å². The van der Waals surface area contributed by atoms with Crippen molar-refractivity contribution in [3.63, 3.8) is 0 Å². The number of aliphatic carboxylic acids is 1. The van der Waals surface area contributed by atoms with Crippen LogP contribution in [0.25, 0.3) is 0 Å². The summed E-state index contributed by atoms with van der Waals surface area (Å²) >= 11 is 1.33. The van der Waals surface area contributed by atoms with Crippen molar-refractivity contribution in [2.24, 2.45) is 0 Å². The summed E-state index contributed by atoms with van der Waals surface area (Å²) in [6.45, 7) is 3.51. The van der Waals surface area contributed by atoms with Gasteiger partial charge in [0, 0.05) is 24.8 Å². The van der Waals surface area contributed by atoms with Gasteiger partial charge in [-0.25, -0.2) is 0 Å². The summed E-state index contributed by atoms with van der Waals surface area (Å²) in [5.74, 6) is -1.43. The highest BCUT2D eigenvalue weighted by Crippen LogP contribution is 2.27. The number of carbonyl (C=O) groups is 3. The molecule has 0 fully saturated rings. The van der Waals surface area contributed by atoms with Crippen molar-refractivity contribution in [1.82, 2.24) is 5.32 Å². The normalized spacial score (nSPS) is 10.0. The average molecular weight is 284 g/mol. The van der Waals surface area contributed by atoms with Gasteiger partial charge in [-0.05, 0) is 19.4 Å². The Hall–Kier alpha value is -1.89.